The molecular weight excluding hydrogens is 217 g/mol. The number of rotatable bonds is 3. The molecule has 0 aromatic heterocycles. The molecule has 0 heterocycles. The quantitative estimate of drug-likeness (QED) is 0.834. The number of hydrogen-bond donors (Lipinski definition) is 2. The Balaban J connectivity index is 2.91. The van der Waals surface area contributed by atoms with E-state index in [1.54, 1.807) is 0 Å². The van der Waals surface area contributed by atoms with Gasteiger partial charge in [-0.1, -0.05) is 18.7 Å². The van der Waals surface area contributed by atoms with Crippen molar-refractivity contribution in [2.75, 3.05) is 0 Å². The van der Waals surface area contributed by atoms with Gasteiger partial charge in [0.1, 0.15) is 0 Å². The van der Waals surface area contributed by atoms with E-state index in [9.17, 15) is 13.2 Å². The Labute approximate surface area is 91.3 Å². The van der Waals surface area contributed by atoms with Crippen LogP contribution >= 0.6 is 0 Å². The van der Waals surface area contributed by atoms with E-state index in [-0.39, 0.29) is 0 Å². The van der Waals surface area contributed by atoms with Gasteiger partial charge in [0.2, 0.25) is 0 Å². The summed E-state index contributed by atoms with van der Waals surface area (Å²) in [5.74, 6) is 0. The first kappa shape index (κ1) is 12.2. The lowest BCUT2D eigenvalue weighted by Gasteiger charge is -2.07. The zero-order valence-corrected chi connectivity index (χ0v) is 8.38. The molecule has 86 valence electrons. The average molecular weight is 228 g/mol. The molecule has 1 aromatic carbocycles. The second-order valence-electron chi connectivity index (χ2n) is 3.05. The molecule has 0 aliphatic carbocycles. The van der Waals surface area contributed by atoms with Crippen LogP contribution in [0.3, 0.4) is 0 Å². The molecule has 1 aromatic rings. The minimum absolute atomic E-state index is 0.341. The highest BCUT2D eigenvalue weighted by atomic mass is 19.4. The molecule has 2 nitrogen and oxygen atoms in total. The van der Waals surface area contributed by atoms with Crippen molar-refractivity contribution >= 4 is 5.70 Å². The third kappa shape index (κ3) is 3.05. The van der Waals surface area contributed by atoms with Crippen LogP contribution in [-0.2, 0) is 6.18 Å². The first-order valence-electron chi connectivity index (χ1n) is 4.45. The zero-order chi connectivity index (χ0) is 12.2. The minimum Gasteiger partial charge on any atom is -0.397 e. The van der Waals surface area contributed by atoms with Crippen LogP contribution in [0.15, 0.2) is 43.2 Å². The normalized spacial score (nSPS) is 12.3. The van der Waals surface area contributed by atoms with Crippen LogP contribution in [0.25, 0.3) is 5.70 Å². The van der Waals surface area contributed by atoms with Crippen molar-refractivity contribution in [3.63, 3.8) is 0 Å². The number of nitrogens with two attached hydrogens (primary N) is 1. The molecule has 0 saturated carbocycles. The van der Waals surface area contributed by atoms with E-state index in [1.165, 1.54) is 24.5 Å². The molecule has 0 bridgehead atoms. The molecule has 0 spiro atoms. The van der Waals surface area contributed by atoms with Crippen molar-refractivity contribution in [2.24, 2.45) is 5.73 Å². The van der Waals surface area contributed by atoms with Crippen molar-refractivity contribution in [1.82, 2.24) is 5.32 Å². The Kier molecular flexibility index (Phi) is 3.60. The molecule has 0 aliphatic rings. The van der Waals surface area contributed by atoms with Crippen molar-refractivity contribution in [1.29, 1.82) is 0 Å². The van der Waals surface area contributed by atoms with Crippen LogP contribution in [0.1, 0.15) is 11.1 Å². The molecule has 0 fully saturated rings. The molecule has 0 atom stereocenters. The van der Waals surface area contributed by atoms with E-state index >= 15 is 0 Å². The summed E-state index contributed by atoms with van der Waals surface area (Å²) in [6.07, 6.45) is -1.46. The fraction of sp³-hybridized carbons (Fsp3) is 0.0909. The Morgan fingerprint density at radius 3 is 2.25 bits per heavy atom. The van der Waals surface area contributed by atoms with E-state index in [1.807, 2.05) is 0 Å². The van der Waals surface area contributed by atoms with Crippen LogP contribution < -0.4 is 11.1 Å². The lowest BCUT2D eigenvalue weighted by atomic mass is 10.1. The summed E-state index contributed by atoms with van der Waals surface area (Å²) in [5.41, 5.74) is 5.77. The lowest BCUT2D eigenvalue weighted by Crippen LogP contribution is -2.06. The molecule has 0 amide bonds. The van der Waals surface area contributed by atoms with Gasteiger partial charge in [-0.25, -0.2) is 0 Å². The van der Waals surface area contributed by atoms with Crippen LogP contribution in [0, 0.1) is 0 Å². The Bertz CT molecular complexity index is 391. The highest BCUT2D eigenvalue weighted by molar-refractivity contribution is 5.62. The maximum atomic E-state index is 12.3. The van der Waals surface area contributed by atoms with Crippen molar-refractivity contribution in [2.45, 2.75) is 6.18 Å². The molecule has 0 radical (unpaired) electrons. The predicted octanol–water partition coefficient (Wildman–Crippen LogP) is 2.70. The van der Waals surface area contributed by atoms with Gasteiger partial charge in [0.15, 0.2) is 0 Å². The van der Waals surface area contributed by atoms with Gasteiger partial charge < -0.3 is 11.1 Å². The third-order valence-electron chi connectivity index (χ3n) is 1.90. The number of alkyl halides is 3. The number of benzene rings is 1. The second kappa shape index (κ2) is 4.74. The predicted molar refractivity (Wildman–Crippen MR) is 56.9 cm³/mol. The molecule has 1 rings (SSSR count). The maximum Gasteiger partial charge on any atom is 0.416 e. The summed E-state index contributed by atoms with van der Waals surface area (Å²) in [7, 11) is 0. The van der Waals surface area contributed by atoms with Gasteiger partial charge >= 0.3 is 6.18 Å². The summed E-state index contributed by atoms with van der Waals surface area (Å²) in [5, 5.41) is 2.65. The average Bonchev–Trinajstić information content (AvgIpc) is 2.25. The number of nitrogens with one attached hydrogen (secondary N) is 1. The van der Waals surface area contributed by atoms with Crippen molar-refractivity contribution in [3.8, 4) is 0 Å². The van der Waals surface area contributed by atoms with Crippen LogP contribution in [-0.4, -0.2) is 0 Å². The third-order valence-corrected chi connectivity index (χ3v) is 1.90. The molecule has 3 N–H and O–H groups in total. The maximum absolute atomic E-state index is 12.3. The fourth-order valence-electron chi connectivity index (χ4n) is 1.08. The highest BCUT2D eigenvalue weighted by Crippen LogP contribution is 2.29. The molecule has 0 unspecified atom stereocenters. The zero-order valence-electron chi connectivity index (χ0n) is 8.38. The minimum atomic E-state index is -4.32. The molecule has 16 heavy (non-hydrogen) atoms. The van der Waals surface area contributed by atoms with Gasteiger partial charge in [-0.2, -0.15) is 13.2 Å². The Hall–Kier alpha value is -1.91. The van der Waals surface area contributed by atoms with Gasteiger partial charge in [0.25, 0.3) is 0 Å². The summed E-state index contributed by atoms with van der Waals surface area (Å²) in [4.78, 5) is 0. The monoisotopic (exact) mass is 228 g/mol. The first-order valence-corrected chi connectivity index (χ1v) is 4.45. The highest BCUT2D eigenvalue weighted by Gasteiger charge is 2.29. The van der Waals surface area contributed by atoms with Gasteiger partial charge in [-0.3, -0.25) is 0 Å². The van der Waals surface area contributed by atoms with E-state index in [4.69, 9.17) is 5.73 Å². The van der Waals surface area contributed by atoms with Crippen molar-refractivity contribution < 1.29 is 13.2 Å². The van der Waals surface area contributed by atoms with Gasteiger partial charge in [-0.05, 0) is 23.9 Å². The number of hydrogen-bond acceptors (Lipinski definition) is 2. The molecule has 5 heteroatoms. The topological polar surface area (TPSA) is 38.0 Å². The van der Waals surface area contributed by atoms with Gasteiger partial charge in [0.05, 0.1) is 11.3 Å². The molecule has 0 saturated heterocycles. The lowest BCUT2D eigenvalue weighted by molar-refractivity contribution is -0.137. The summed E-state index contributed by atoms with van der Waals surface area (Å²) in [6.45, 7) is 3.41. The Morgan fingerprint density at radius 1 is 1.25 bits per heavy atom. The van der Waals surface area contributed by atoms with Crippen LogP contribution in [0.4, 0.5) is 13.2 Å². The van der Waals surface area contributed by atoms with E-state index in [0.29, 0.717) is 11.3 Å². The first-order chi connectivity index (χ1) is 7.45. The summed E-state index contributed by atoms with van der Waals surface area (Å²) < 4.78 is 36.8. The molecule has 0 aliphatic heterocycles. The van der Waals surface area contributed by atoms with Crippen LogP contribution in [0.2, 0.25) is 0 Å². The fourth-order valence-corrected chi connectivity index (χ4v) is 1.08. The summed E-state index contributed by atoms with van der Waals surface area (Å²) >= 11 is 0. The Morgan fingerprint density at radius 2 is 1.81 bits per heavy atom. The van der Waals surface area contributed by atoms with Gasteiger partial charge in [0, 0.05) is 6.20 Å². The summed E-state index contributed by atoms with van der Waals surface area (Å²) in [6, 6.07) is 4.62. The number of halogens is 3. The molecular formula is C11H11F3N2. The van der Waals surface area contributed by atoms with Crippen LogP contribution in [0.5, 0.6) is 0 Å². The second-order valence-corrected chi connectivity index (χ2v) is 3.05. The standard InChI is InChI=1S/C11H11F3N2/c1-2-16-7-10(15)8-3-5-9(6-4-8)11(12,13)14/h2-7,16H,1,15H2/b10-7-. The largest absolute Gasteiger partial charge is 0.416 e. The SMILES string of the molecule is C=CN/C=C(\N)c1ccc(C(F)(F)F)cc1. The smallest absolute Gasteiger partial charge is 0.397 e. The van der Waals surface area contributed by atoms with E-state index in [2.05, 4.69) is 11.9 Å². The van der Waals surface area contributed by atoms with Gasteiger partial charge in [-0.15, -0.1) is 0 Å². The van der Waals surface area contributed by atoms with E-state index in [0.717, 1.165) is 12.1 Å². The van der Waals surface area contributed by atoms with Crippen molar-refractivity contribution in [3.05, 3.63) is 54.4 Å². The van der Waals surface area contributed by atoms with E-state index < -0.39 is 11.7 Å².